The summed E-state index contributed by atoms with van der Waals surface area (Å²) in [5.41, 5.74) is 1.55. The van der Waals surface area contributed by atoms with Crippen molar-refractivity contribution >= 4 is 23.1 Å². The second-order valence-electron chi connectivity index (χ2n) is 9.23. The van der Waals surface area contributed by atoms with Crippen LogP contribution in [0.15, 0.2) is 72.9 Å². The summed E-state index contributed by atoms with van der Waals surface area (Å²) in [7, 11) is 0. The van der Waals surface area contributed by atoms with Crippen molar-refractivity contribution < 1.29 is 23.1 Å². The fraction of sp³-hybridized carbons (Fsp3) is 0.321. The summed E-state index contributed by atoms with van der Waals surface area (Å²) in [6.07, 6.45) is 2.40. The van der Waals surface area contributed by atoms with Crippen LogP contribution in [0, 0.1) is 5.41 Å². The number of amides is 1. The van der Waals surface area contributed by atoms with Crippen molar-refractivity contribution in [3.8, 4) is 0 Å². The van der Waals surface area contributed by atoms with E-state index in [9.17, 15) is 18.4 Å². The lowest BCUT2D eigenvalue weighted by Gasteiger charge is -2.25. The fourth-order valence-corrected chi connectivity index (χ4v) is 4.36. The molecule has 36 heavy (non-hydrogen) atoms. The molecular formula is C28H29F2N3O3. The van der Waals surface area contributed by atoms with Crippen molar-refractivity contribution in [1.29, 1.82) is 0 Å². The predicted octanol–water partition coefficient (Wildman–Crippen LogP) is 5.16. The van der Waals surface area contributed by atoms with Crippen molar-refractivity contribution in [2.45, 2.75) is 38.7 Å². The molecule has 0 radical (unpaired) electrons. The van der Waals surface area contributed by atoms with Crippen LogP contribution in [-0.4, -0.2) is 29.9 Å². The highest BCUT2D eigenvalue weighted by atomic mass is 19.3. The van der Waals surface area contributed by atoms with Gasteiger partial charge in [0.2, 0.25) is 5.91 Å². The highest BCUT2D eigenvalue weighted by Crippen LogP contribution is 2.35. The zero-order valence-electron chi connectivity index (χ0n) is 20.1. The summed E-state index contributed by atoms with van der Waals surface area (Å²) in [5.74, 6) is -3.23. The fourth-order valence-electron chi connectivity index (χ4n) is 4.36. The summed E-state index contributed by atoms with van der Waals surface area (Å²) in [4.78, 5) is 30.0. The number of pyridine rings is 1. The molecule has 1 saturated heterocycles. The van der Waals surface area contributed by atoms with Gasteiger partial charge >= 0.3 is 0 Å². The zero-order chi connectivity index (χ0) is 25.6. The van der Waals surface area contributed by atoms with Crippen LogP contribution in [0.4, 0.5) is 20.2 Å². The van der Waals surface area contributed by atoms with Gasteiger partial charge < -0.3 is 15.4 Å². The van der Waals surface area contributed by atoms with Gasteiger partial charge in [-0.25, -0.2) is 8.78 Å². The monoisotopic (exact) mass is 493 g/mol. The lowest BCUT2D eigenvalue weighted by Crippen LogP contribution is -2.43. The minimum Gasteiger partial charge on any atom is -0.380 e. The number of ketones is 1. The number of Topliss-reactive ketones (excluding diaryl/α,β-unsaturated/α-hetero) is 1. The van der Waals surface area contributed by atoms with E-state index in [1.165, 1.54) is 6.07 Å². The Kier molecular flexibility index (Phi) is 7.74. The molecule has 0 unspecified atom stereocenters. The minimum atomic E-state index is -2.97. The maximum atomic E-state index is 13.9. The van der Waals surface area contributed by atoms with E-state index in [0.717, 1.165) is 12.5 Å². The average Bonchev–Trinajstić information content (AvgIpc) is 3.33. The van der Waals surface area contributed by atoms with Gasteiger partial charge in [-0.3, -0.25) is 14.6 Å². The number of anilines is 2. The van der Waals surface area contributed by atoms with E-state index in [1.54, 1.807) is 48.7 Å². The van der Waals surface area contributed by atoms with Crippen LogP contribution < -0.4 is 10.6 Å². The number of hydrogen-bond acceptors (Lipinski definition) is 5. The Morgan fingerprint density at radius 2 is 1.81 bits per heavy atom. The molecule has 3 aromatic rings. The molecule has 0 spiro atoms. The van der Waals surface area contributed by atoms with Gasteiger partial charge in [0.25, 0.3) is 5.92 Å². The van der Waals surface area contributed by atoms with Crippen LogP contribution in [0.3, 0.4) is 0 Å². The third-order valence-electron chi connectivity index (χ3n) is 6.31. The molecule has 0 aliphatic carbocycles. The van der Waals surface area contributed by atoms with Gasteiger partial charge in [0.1, 0.15) is 5.78 Å². The molecule has 1 aliphatic heterocycles. The number of para-hydroxylation sites is 1. The topological polar surface area (TPSA) is 80.3 Å². The van der Waals surface area contributed by atoms with Gasteiger partial charge in [0, 0.05) is 61.7 Å². The largest absolute Gasteiger partial charge is 0.380 e. The number of carbonyl (C=O) groups excluding carboxylic acids is 2. The van der Waals surface area contributed by atoms with Gasteiger partial charge in [-0.2, -0.15) is 0 Å². The van der Waals surface area contributed by atoms with Crippen molar-refractivity contribution in [2.24, 2.45) is 5.41 Å². The van der Waals surface area contributed by atoms with E-state index in [1.807, 2.05) is 18.2 Å². The Hall–Kier alpha value is -3.65. The molecule has 2 heterocycles. The van der Waals surface area contributed by atoms with E-state index >= 15 is 0 Å². The second-order valence-corrected chi connectivity index (χ2v) is 9.23. The summed E-state index contributed by atoms with van der Waals surface area (Å²) in [5, 5.41) is 5.98. The van der Waals surface area contributed by atoms with E-state index in [2.05, 4.69) is 15.6 Å². The van der Waals surface area contributed by atoms with E-state index in [4.69, 9.17) is 4.74 Å². The second kappa shape index (κ2) is 11.0. The number of rotatable bonds is 10. The van der Waals surface area contributed by atoms with E-state index in [-0.39, 0.29) is 43.2 Å². The highest BCUT2D eigenvalue weighted by Gasteiger charge is 2.43. The Morgan fingerprint density at radius 3 is 2.47 bits per heavy atom. The molecule has 1 amide bonds. The lowest BCUT2D eigenvalue weighted by molar-refractivity contribution is -0.136. The SMILES string of the molecule is CC(F)(F)c1ccccc1Nc1ccc(CNC(=O)[C@]2(CC(=O)Cc3ccccn3)CCOC2)cc1. The smallest absolute Gasteiger partial charge is 0.272 e. The number of halogens is 2. The molecule has 2 N–H and O–H groups in total. The number of nitrogens with one attached hydrogen (secondary N) is 2. The molecule has 2 aromatic carbocycles. The first-order valence-corrected chi connectivity index (χ1v) is 11.9. The first-order valence-electron chi connectivity index (χ1n) is 11.9. The van der Waals surface area contributed by atoms with Gasteiger partial charge in [0.15, 0.2) is 0 Å². The molecule has 0 bridgehead atoms. The normalized spacial score (nSPS) is 17.5. The third kappa shape index (κ3) is 6.31. The maximum Gasteiger partial charge on any atom is 0.272 e. The molecule has 6 nitrogen and oxygen atoms in total. The van der Waals surface area contributed by atoms with Crippen molar-refractivity contribution in [2.75, 3.05) is 18.5 Å². The Balaban J connectivity index is 1.36. The van der Waals surface area contributed by atoms with Crippen LogP contribution in [0.2, 0.25) is 0 Å². The first kappa shape index (κ1) is 25.4. The Labute approximate surface area is 209 Å². The van der Waals surface area contributed by atoms with Gasteiger partial charge in [-0.05, 0) is 42.3 Å². The zero-order valence-corrected chi connectivity index (χ0v) is 20.1. The number of carbonyl (C=O) groups is 2. The van der Waals surface area contributed by atoms with Crippen molar-refractivity contribution in [3.63, 3.8) is 0 Å². The van der Waals surface area contributed by atoms with Crippen LogP contribution >= 0.6 is 0 Å². The molecule has 8 heteroatoms. The van der Waals surface area contributed by atoms with Gasteiger partial charge in [0.05, 0.1) is 12.0 Å². The number of benzene rings is 2. The summed E-state index contributed by atoms with van der Waals surface area (Å²) in [6.45, 7) is 1.78. The van der Waals surface area contributed by atoms with Crippen LogP contribution in [0.1, 0.15) is 36.6 Å². The van der Waals surface area contributed by atoms with E-state index < -0.39 is 11.3 Å². The number of nitrogens with zero attached hydrogens (tertiary/aromatic N) is 1. The highest BCUT2D eigenvalue weighted by molar-refractivity contribution is 5.90. The minimum absolute atomic E-state index is 0.0530. The summed E-state index contributed by atoms with van der Waals surface area (Å²) in [6, 6.07) is 18.9. The Morgan fingerprint density at radius 1 is 1.06 bits per heavy atom. The number of hydrogen-bond donors (Lipinski definition) is 2. The lowest BCUT2D eigenvalue weighted by atomic mass is 9.80. The number of alkyl halides is 2. The molecule has 1 aliphatic rings. The predicted molar refractivity (Wildman–Crippen MR) is 133 cm³/mol. The summed E-state index contributed by atoms with van der Waals surface area (Å²) < 4.78 is 33.3. The number of ether oxygens (including phenoxy) is 1. The molecule has 1 aromatic heterocycles. The molecule has 1 fully saturated rings. The molecule has 4 rings (SSSR count). The first-order chi connectivity index (χ1) is 17.2. The van der Waals surface area contributed by atoms with Gasteiger partial charge in [-0.15, -0.1) is 0 Å². The quantitative estimate of drug-likeness (QED) is 0.408. The maximum absolute atomic E-state index is 13.9. The van der Waals surface area contributed by atoms with Crippen molar-refractivity contribution in [1.82, 2.24) is 10.3 Å². The number of aromatic nitrogens is 1. The molecule has 1 atom stereocenters. The van der Waals surface area contributed by atoms with Crippen molar-refractivity contribution in [3.05, 3.63) is 89.7 Å². The molecule has 0 saturated carbocycles. The standard InChI is InChI=1S/C28H29F2N3O3/c1-27(29,30)24-7-2-3-8-25(24)33-21-11-9-20(10-12-21)18-32-26(35)28(13-15-36-19-28)17-23(34)16-22-6-4-5-14-31-22/h2-12,14,33H,13,15-19H2,1H3,(H,32,35)/t28-/m0/s1. The van der Waals surface area contributed by atoms with Crippen LogP contribution in [0.25, 0.3) is 0 Å². The van der Waals surface area contributed by atoms with E-state index in [0.29, 0.717) is 30.1 Å². The van der Waals surface area contributed by atoms with Crippen LogP contribution in [-0.2, 0) is 33.2 Å². The van der Waals surface area contributed by atoms with Crippen LogP contribution in [0.5, 0.6) is 0 Å². The molecular weight excluding hydrogens is 464 g/mol. The third-order valence-corrected chi connectivity index (χ3v) is 6.31. The Bertz CT molecular complexity index is 1190. The summed E-state index contributed by atoms with van der Waals surface area (Å²) >= 11 is 0. The van der Waals surface area contributed by atoms with Gasteiger partial charge in [-0.1, -0.05) is 36.4 Å². The molecule has 188 valence electrons. The average molecular weight is 494 g/mol.